The molecular weight excluding hydrogens is 536 g/mol. The largest absolute Gasteiger partial charge is 0.464 e. The summed E-state index contributed by atoms with van der Waals surface area (Å²) in [5.41, 5.74) is 3.06. The van der Waals surface area contributed by atoms with Crippen LogP contribution in [0, 0.1) is 5.92 Å². The fourth-order valence-corrected chi connectivity index (χ4v) is 6.45. The molecule has 7 nitrogen and oxygen atoms in total. The summed E-state index contributed by atoms with van der Waals surface area (Å²) >= 11 is 0. The molecule has 2 N–H and O–H groups in total. The summed E-state index contributed by atoms with van der Waals surface area (Å²) in [6.45, 7) is 10.2. The number of hydrogen-bond acceptors (Lipinski definition) is 5. The van der Waals surface area contributed by atoms with Crippen LogP contribution in [0.4, 0.5) is 0 Å². The molecule has 4 rings (SSSR count). The molecule has 0 bridgehead atoms. The number of hydrogen-bond donors (Lipinski definition) is 2. The lowest BCUT2D eigenvalue weighted by Crippen LogP contribution is -2.51. The van der Waals surface area contributed by atoms with Gasteiger partial charge in [-0.2, -0.15) is 4.31 Å². The van der Waals surface area contributed by atoms with Gasteiger partial charge in [-0.1, -0.05) is 77.1 Å². The quantitative estimate of drug-likeness (QED) is 0.236. The van der Waals surface area contributed by atoms with Crippen molar-refractivity contribution < 1.29 is 22.7 Å². The molecule has 0 aliphatic rings. The third-order valence-corrected chi connectivity index (χ3v) is 8.94. The first-order valence-corrected chi connectivity index (χ1v) is 15.4. The molecule has 0 unspecified atom stereocenters. The molecule has 3 aromatic carbocycles. The van der Waals surface area contributed by atoms with Crippen LogP contribution in [0.1, 0.15) is 56.1 Å². The lowest BCUT2D eigenvalue weighted by molar-refractivity contribution is 0.0776. The van der Waals surface area contributed by atoms with Gasteiger partial charge in [-0.15, -0.1) is 0 Å². The molecule has 0 fully saturated rings. The van der Waals surface area contributed by atoms with Crippen molar-refractivity contribution in [3.63, 3.8) is 0 Å². The summed E-state index contributed by atoms with van der Waals surface area (Å²) in [6.07, 6.45) is 0.688. The fourth-order valence-electron chi connectivity index (χ4n) is 4.79. The van der Waals surface area contributed by atoms with Gasteiger partial charge < -0.3 is 14.8 Å². The molecule has 2 atom stereocenters. The van der Waals surface area contributed by atoms with Crippen molar-refractivity contribution in [3.8, 4) is 0 Å². The van der Waals surface area contributed by atoms with Gasteiger partial charge in [0.2, 0.25) is 10.0 Å². The van der Waals surface area contributed by atoms with Crippen molar-refractivity contribution in [2.24, 2.45) is 5.92 Å². The molecule has 0 saturated carbocycles. The average Bonchev–Trinajstić information content (AvgIpc) is 3.40. The number of nitrogens with zero attached hydrogens (tertiary/aromatic N) is 1. The minimum Gasteiger partial charge on any atom is -0.464 e. The number of nitrogens with one attached hydrogen (secondary N) is 1. The fraction of sp³-hybridized carbons (Fsp3) is 0.364. The molecular formula is C33H40N2O5S. The van der Waals surface area contributed by atoms with Crippen LogP contribution in [0.3, 0.4) is 0 Å². The van der Waals surface area contributed by atoms with Crippen molar-refractivity contribution in [2.45, 2.75) is 63.5 Å². The standard InChI is InChI=1S/C33H40N2O5S/c1-23(2)21-35(41(38,39)28-15-16-31-26(20-28)17-18-40-31)22-30(36)29(19-24-9-7-6-8-10-24)34-32(37)25-11-13-27(14-12-25)33(3,4)5/h6-18,20,23,29-30,36H,19,21-22H2,1-5H3,(H,34,37)/t29-,30+/m0/s1. The Morgan fingerprint density at radius 1 is 0.951 bits per heavy atom. The van der Waals surface area contributed by atoms with Crippen molar-refractivity contribution >= 4 is 26.9 Å². The van der Waals surface area contributed by atoms with Crippen molar-refractivity contribution in [1.82, 2.24) is 9.62 Å². The SMILES string of the molecule is CC(C)CN(C[C@@H](O)[C@H](Cc1ccccc1)NC(=O)c1ccc(C(C)(C)C)cc1)S(=O)(=O)c1ccc2occc2c1. The van der Waals surface area contributed by atoms with Crippen molar-refractivity contribution in [1.29, 1.82) is 0 Å². The van der Waals surface area contributed by atoms with Crippen LogP contribution in [0.2, 0.25) is 0 Å². The molecule has 0 saturated heterocycles. The molecule has 41 heavy (non-hydrogen) atoms. The van der Waals surface area contributed by atoms with E-state index in [-0.39, 0.29) is 35.2 Å². The number of benzene rings is 3. The Balaban J connectivity index is 1.60. The monoisotopic (exact) mass is 576 g/mol. The predicted octanol–water partition coefficient (Wildman–Crippen LogP) is 5.78. The van der Waals surface area contributed by atoms with E-state index in [0.717, 1.165) is 11.1 Å². The Bertz CT molecular complexity index is 1550. The second-order valence-corrected chi connectivity index (χ2v) is 13.9. The summed E-state index contributed by atoms with van der Waals surface area (Å²) in [5.74, 6) is -0.313. The number of amides is 1. The van der Waals surface area contributed by atoms with Crippen LogP contribution in [0.15, 0.2) is 94.4 Å². The van der Waals surface area contributed by atoms with Gasteiger partial charge in [0.1, 0.15) is 5.58 Å². The first-order valence-electron chi connectivity index (χ1n) is 14.0. The minimum absolute atomic E-state index is 0.0122. The summed E-state index contributed by atoms with van der Waals surface area (Å²) in [6, 6.07) is 22.7. The highest BCUT2D eigenvalue weighted by Crippen LogP contribution is 2.25. The topological polar surface area (TPSA) is 99.9 Å². The van der Waals surface area contributed by atoms with Gasteiger partial charge in [0.05, 0.1) is 23.3 Å². The number of fused-ring (bicyclic) bond motifs is 1. The van der Waals surface area contributed by atoms with Gasteiger partial charge in [0.25, 0.3) is 5.91 Å². The zero-order valence-electron chi connectivity index (χ0n) is 24.4. The molecule has 218 valence electrons. The lowest BCUT2D eigenvalue weighted by atomic mass is 9.86. The van der Waals surface area contributed by atoms with E-state index in [1.54, 1.807) is 30.3 Å². The van der Waals surface area contributed by atoms with Crippen LogP contribution in [-0.4, -0.2) is 49.0 Å². The number of furan rings is 1. The number of aliphatic hydroxyl groups excluding tert-OH is 1. The van der Waals surface area contributed by atoms with E-state index in [4.69, 9.17) is 4.42 Å². The van der Waals surface area contributed by atoms with E-state index in [1.165, 1.54) is 16.6 Å². The van der Waals surface area contributed by atoms with E-state index in [2.05, 4.69) is 26.1 Å². The van der Waals surface area contributed by atoms with Gasteiger partial charge in [-0.3, -0.25) is 4.79 Å². The first-order chi connectivity index (χ1) is 19.3. The van der Waals surface area contributed by atoms with E-state index >= 15 is 0 Å². The Hall–Kier alpha value is -3.46. The lowest BCUT2D eigenvalue weighted by Gasteiger charge is -2.31. The van der Waals surface area contributed by atoms with Gasteiger partial charge in [-0.05, 0) is 65.3 Å². The van der Waals surface area contributed by atoms with Crippen LogP contribution in [0.5, 0.6) is 0 Å². The Labute approximate surface area is 243 Å². The molecule has 0 aliphatic carbocycles. The van der Waals surface area contributed by atoms with Crippen molar-refractivity contribution in [3.05, 3.63) is 102 Å². The van der Waals surface area contributed by atoms with Gasteiger partial charge in [0.15, 0.2) is 0 Å². The van der Waals surface area contributed by atoms with E-state index in [1.807, 2.05) is 56.3 Å². The van der Waals surface area contributed by atoms with E-state index in [9.17, 15) is 18.3 Å². The molecule has 8 heteroatoms. The van der Waals surface area contributed by atoms with Gasteiger partial charge >= 0.3 is 0 Å². The number of carbonyl (C=O) groups is 1. The summed E-state index contributed by atoms with van der Waals surface area (Å²) in [7, 11) is -3.95. The molecule has 0 spiro atoms. The van der Waals surface area contributed by atoms with E-state index < -0.39 is 22.2 Å². The Morgan fingerprint density at radius 2 is 1.63 bits per heavy atom. The Kier molecular flexibility index (Phi) is 9.37. The minimum atomic E-state index is -3.95. The Morgan fingerprint density at radius 3 is 2.27 bits per heavy atom. The molecule has 4 aromatic rings. The third-order valence-electron chi connectivity index (χ3n) is 7.11. The van der Waals surface area contributed by atoms with Crippen LogP contribution in [0.25, 0.3) is 11.0 Å². The van der Waals surface area contributed by atoms with Crippen molar-refractivity contribution in [2.75, 3.05) is 13.1 Å². The van der Waals surface area contributed by atoms with E-state index in [0.29, 0.717) is 23.0 Å². The average molecular weight is 577 g/mol. The first kappa shape index (κ1) is 30.5. The zero-order valence-corrected chi connectivity index (χ0v) is 25.2. The molecule has 1 heterocycles. The summed E-state index contributed by atoms with van der Waals surface area (Å²) in [5, 5.41) is 15.2. The van der Waals surface area contributed by atoms with Crippen LogP contribution in [-0.2, 0) is 21.9 Å². The summed E-state index contributed by atoms with van der Waals surface area (Å²) < 4.78 is 34.3. The normalized spacial score (nSPS) is 14.0. The predicted molar refractivity (Wildman–Crippen MR) is 162 cm³/mol. The second-order valence-electron chi connectivity index (χ2n) is 12.0. The number of sulfonamides is 1. The van der Waals surface area contributed by atoms with Gasteiger partial charge in [0, 0.05) is 24.0 Å². The maximum absolute atomic E-state index is 13.8. The third kappa shape index (κ3) is 7.64. The number of aliphatic hydroxyl groups is 1. The highest BCUT2D eigenvalue weighted by Gasteiger charge is 2.32. The van der Waals surface area contributed by atoms with Crippen LogP contribution >= 0.6 is 0 Å². The number of rotatable bonds is 11. The highest BCUT2D eigenvalue weighted by molar-refractivity contribution is 7.89. The van der Waals surface area contributed by atoms with Crippen LogP contribution < -0.4 is 5.32 Å². The maximum Gasteiger partial charge on any atom is 0.251 e. The molecule has 0 aliphatic heterocycles. The summed E-state index contributed by atoms with van der Waals surface area (Å²) in [4.78, 5) is 13.5. The molecule has 0 radical (unpaired) electrons. The molecule has 1 aromatic heterocycles. The second kappa shape index (κ2) is 12.6. The highest BCUT2D eigenvalue weighted by atomic mass is 32.2. The van der Waals surface area contributed by atoms with Gasteiger partial charge in [-0.25, -0.2) is 8.42 Å². The maximum atomic E-state index is 13.8. The molecule has 1 amide bonds. The zero-order chi connectivity index (χ0) is 29.8. The smallest absolute Gasteiger partial charge is 0.251 e. The number of carbonyl (C=O) groups excluding carboxylic acids is 1.